The van der Waals surface area contributed by atoms with Gasteiger partial charge in [-0.3, -0.25) is 5.32 Å². The van der Waals surface area contributed by atoms with Crippen molar-refractivity contribution in [1.29, 1.82) is 0 Å². The minimum Gasteiger partial charge on any atom is -0.376 e. The fraction of sp³-hybridized carbons (Fsp3) is 0.800. The van der Waals surface area contributed by atoms with Crippen molar-refractivity contribution < 1.29 is 0 Å². The molecular weight excluding hydrogens is 148 g/mol. The van der Waals surface area contributed by atoms with Gasteiger partial charge < -0.3 is 5.32 Å². The van der Waals surface area contributed by atoms with Crippen LogP contribution in [0.25, 0.3) is 0 Å². The van der Waals surface area contributed by atoms with Crippen molar-refractivity contribution in [2.45, 2.75) is 44.6 Å². The van der Waals surface area contributed by atoms with Gasteiger partial charge in [-0.25, -0.2) is 0 Å². The van der Waals surface area contributed by atoms with Gasteiger partial charge in [0.2, 0.25) is 0 Å². The maximum atomic E-state index is 3.45. The molecular formula is C10H18N2. The predicted octanol–water partition coefficient (Wildman–Crippen LogP) is 1.74. The summed E-state index contributed by atoms with van der Waals surface area (Å²) in [5.41, 5.74) is 1.45. The van der Waals surface area contributed by atoms with E-state index in [-0.39, 0.29) is 0 Å². The molecule has 2 rings (SSSR count). The van der Waals surface area contributed by atoms with Crippen molar-refractivity contribution in [1.82, 2.24) is 10.6 Å². The molecule has 0 heterocycles. The van der Waals surface area contributed by atoms with Crippen molar-refractivity contribution in [3.8, 4) is 0 Å². The van der Waals surface area contributed by atoms with Gasteiger partial charge in [0.05, 0.1) is 6.67 Å². The van der Waals surface area contributed by atoms with E-state index in [0.717, 1.165) is 12.7 Å². The molecule has 0 bridgehead atoms. The van der Waals surface area contributed by atoms with E-state index >= 15 is 0 Å². The van der Waals surface area contributed by atoms with Gasteiger partial charge in [0.1, 0.15) is 0 Å². The Morgan fingerprint density at radius 3 is 2.92 bits per heavy atom. The molecule has 0 atom stereocenters. The van der Waals surface area contributed by atoms with E-state index in [1.165, 1.54) is 44.2 Å². The minimum atomic E-state index is 0.821. The van der Waals surface area contributed by atoms with Crippen LogP contribution in [0.15, 0.2) is 11.8 Å². The fourth-order valence-corrected chi connectivity index (χ4v) is 1.60. The SMILES string of the molecule is C1=C(NCNC2CC2)CCCC1. The molecule has 0 aromatic carbocycles. The average molecular weight is 166 g/mol. The van der Waals surface area contributed by atoms with E-state index in [4.69, 9.17) is 0 Å². The van der Waals surface area contributed by atoms with Crippen LogP contribution in [0.5, 0.6) is 0 Å². The average Bonchev–Trinajstić information content (AvgIpc) is 2.90. The molecule has 1 fully saturated rings. The molecule has 0 aromatic rings. The van der Waals surface area contributed by atoms with Crippen molar-refractivity contribution in [3.63, 3.8) is 0 Å². The van der Waals surface area contributed by atoms with Gasteiger partial charge in [-0.2, -0.15) is 0 Å². The summed E-state index contributed by atoms with van der Waals surface area (Å²) in [7, 11) is 0. The lowest BCUT2D eigenvalue weighted by molar-refractivity contribution is 0.584. The number of hydrogen-bond acceptors (Lipinski definition) is 2. The zero-order valence-corrected chi connectivity index (χ0v) is 7.60. The molecule has 0 saturated heterocycles. The Hall–Kier alpha value is -0.500. The molecule has 1 saturated carbocycles. The minimum absolute atomic E-state index is 0.821. The maximum Gasteiger partial charge on any atom is 0.0652 e. The molecule has 0 spiro atoms. The number of allylic oxidation sites excluding steroid dienone is 2. The molecule has 2 heteroatoms. The monoisotopic (exact) mass is 166 g/mol. The van der Waals surface area contributed by atoms with Gasteiger partial charge >= 0.3 is 0 Å². The van der Waals surface area contributed by atoms with Gasteiger partial charge in [0, 0.05) is 11.7 Å². The summed E-state index contributed by atoms with van der Waals surface area (Å²) in [6.45, 7) is 0.969. The van der Waals surface area contributed by atoms with Crippen LogP contribution in [0.4, 0.5) is 0 Å². The Balaban J connectivity index is 1.60. The zero-order valence-electron chi connectivity index (χ0n) is 7.60. The number of rotatable bonds is 4. The summed E-state index contributed by atoms with van der Waals surface area (Å²) < 4.78 is 0. The van der Waals surface area contributed by atoms with Gasteiger partial charge in [0.15, 0.2) is 0 Å². The molecule has 68 valence electrons. The highest BCUT2D eigenvalue weighted by Crippen LogP contribution is 2.18. The molecule has 0 unspecified atom stereocenters. The summed E-state index contributed by atoms with van der Waals surface area (Å²) >= 11 is 0. The van der Waals surface area contributed by atoms with Crippen molar-refractivity contribution >= 4 is 0 Å². The quantitative estimate of drug-likeness (QED) is 0.622. The molecule has 0 amide bonds. The van der Waals surface area contributed by atoms with Crippen LogP contribution in [-0.2, 0) is 0 Å². The standard InChI is InChI=1S/C10H18N2/c1-2-4-9(5-3-1)11-8-12-10-6-7-10/h4,10-12H,1-3,5-8H2. The summed E-state index contributed by atoms with van der Waals surface area (Å²) in [5, 5.41) is 6.89. The first-order valence-corrected chi connectivity index (χ1v) is 5.11. The van der Waals surface area contributed by atoms with Crippen molar-refractivity contribution in [2.75, 3.05) is 6.67 Å². The molecule has 0 radical (unpaired) electrons. The molecule has 0 aliphatic heterocycles. The second kappa shape index (κ2) is 3.94. The van der Waals surface area contributed by atoms with Gasteiger partial charge in [-0.05, 0) is 38.5 Å². The van der Waals surface area contributed by atoms with Crippen LogP contribution < -0.4 is 10.6 Å². The normalized spacial score (nSPS) is 23.5. The largest absolute Gasteiger partial charge is 0.376 e. The van der Waals surface area contributed by atoms with Crippen LogP contribution in [-0.4, -0.2) is 12.7 Å². The second-order valence-corrected chi connectivity index (χ2v) is 3.81. The fourth-order valence-electron chi connectivity index (χ4n) is 1.60. The molecule has 2 N–H and O–H groups in total. The second-order valence-electron chi connectivity index (χ2n) is 3.81. The van der Waals surface area contributed by atoms with Crippen LogP contribution in [0.3, 0.4) is 0 Å². The molecule has 2 aliphatic rings. The Morgan fingerprint density at radius 1 is 1.33 bits per heavy atom. The highest BCUT2D eigenvalue weighted by atomic mass is 15.1. The van der Waals surface area contributed by atoms with E-state index in [2.05, 4.69) is 16.7 Å². The van der Waals surface area contributed by atoms with Gasteiger partial charge in [-0.15, -0.1) is 0 Å². The van der Waals surface area contributed by atoms with E-state index in [0.29, 0.717) is 0 Å². The lowest BCUT2D eigenvalue weighted by Crippen LogP contribution is -2.30. The Bertz CT molecular complexity index is 171. The first-order valence-electron chi connectivity index (χ1n) is 5.11. The van der Waals surface area contributed by atoms with E-state index < -0.39 is 0 Å². The topological polar surface area (TPSA) is 24.1 Å². The third-order valence-electron chi connectivity index (χ3n) is 2.57. The van der Waals surface area contributed by atoms with Crippen LogP contribution >= 0.6 is 0 Å². The Labute approximate surface area is 74.4 Å². The maximum absolute atomic E-state index is 3.45. The zero-order chi connectivity index (χ0) is 8.23. The van der Waals surface area contributed by atoms with E-state index in [9.17, 15) is 0 Å². The Morgan fingerprint density at radius 2 is 2.25 bits per heavy atom. The van der Waals surface area contributed by atoms with Gasteiger partial charge in [-0.1, -0.05) is 6.08 Å². The summed E-state index contributed by atoms with van der Waals surface area (Å²) in [4.78, 5) is 0. The summed E-state index contributed by atoms with van der Waals surface area (Å²) in [6, 6.07) is 0.821. The van der Waals surface area contributed by atoms with Crippen LogP contribution in [0.1, 0.15) is 38.5 Å². The van der Waals surface area contributed by atoms with Crippen molar-refractivity contribution in [3.05, 3.63) is 11.8 Å². The molecule has 2 nitrogen and oxygen atoms in total. The van der Waals surface area contributed by atoms with Crippen LogP contribution in [0, 0.1) is 0 Å². The first kappa shape index (κ1) is 8.11. The highest BCUT2D eigenvalue weighted by Gasteiger charge is 2.19. The number of nitrogens with one attached hydrogen (secondary N) is 2. The molecule has 12 heavy (non-hydrogen) atoms. The first-order chi connectivity index (χ1) is 5.95. The summed E-state index contributed by atoms with van der Waals surface area (Å²) in [5.74, 6) is 0. The number of hydrogen-bond donors (Lipinski definition) is 2. The van der Waals surface area contributed by atoms with Crippen molar-refractivity contribution in [2.24, 2.45) is 0 Å². The lowest BCUT2D eigenvalue weighted by Gasteiger charge is -2.15. The Kier molecular flexibility index (Phi) is 2.67. The van der Waals surface area contributed by atoms with E-state index in [1.807, 2.05) is 0 Å². The third-order valence-corrected chi connectivity index (χ3v) is 2.57. The predicted molar refractivity (Wildman–Crippen MR) is 50.7 cm³/mol. The van der Waals surface area contributed by atoms with E-state index in [1.54, 1.807) is 0 Å². The smallest absolute Gasteiger partial charge is 0.0652 e. The molecule has 2 aliphatic carbocycles. The summed E-state index contributed by atoms with van der Waals surface area (Å²) in [6.07, 6.45) is 10.4. The lowest BCUT2D eigenvalue weighted by atomic mass is 10.1. The van der Waals surface area contributed by atoms with Crippen LogP contribution in [0.2, 0.25) is 0 Å². The third kappa shape index (κ3) is 2.52. The van der Waals surface area contributed by atoms with Gasteiger partial charge in [0.25, 0.3) is 0 Å². The highest BCUT2D eigenvalue weighted by molar-refractivity contribution is 5.02. The molecule has 0 aromatic heterocycles.